The average Bonchev–Trinajstić information content (AvgIpc) is 2.69. The van der Waals surface area contributed by atoms with E-state index >= 15 is 0 Å². The van der Waals surface area contributed by atoms with Crippen LogP contribution in [0.5, 0.6) is 0 Å². The van der Waals surface area contributed by atoms with E-state index in [1.54, 1.807) is 11.8 Å². The molecule has 0 aromatic heterocycles. The van der Waals surface area contributed by atoms with Crippen LogP contribution in [0, 0.1) is 0 Å². The molecule has 0 saturated heterocycles. The summed E-state index contributed by atoms with van der Waals surface area (Å²) in [5.74, 6) is 0. The van der Waals surface area contributed by atoms with Crippen LogP contribution in [0.3, 0.4) is 0 Å². The van der Waals surface area contributed by atoms with E-state index in [4.69, 9.17) is 4.74 Å². The van der Waals surface area contributed by atoms with Crippen LogP contribution in [0.15, 0.2) is 29.2 Å². The van der Waals surface area contributed by atoms with Crippen molar-refractivity contribution in [2.45, 2.75) is 35.6 Å². The number of hydrogen-bond acceptors (Lipinski definition) is 2. The Bertz CT molecular complexity index is 367. The van der Waals surface area contributed by atoms with Gasteiger partial charge in [-0.25, -0.2) is 0 Å². The molecule has 18 heavy (non-hydrogen) atoms. The van der Waals surface area contributed by atoms with Crippen molar-refractivity contribution in [3.05, 3.63) is 29.8 Å². The zero-order valence-corrected chi connectivity index (χ0v) is 10.7. The van der Waals surface area contributed by atoms with Crippen LogP contribution in [-0.2, 0) is 11.2 Å². The van der Waals surface area contributed by atoms with E-state index in [-0.39, 0.29) is 13.0 Å². The fourth-order valence-electron chi connectivity index (χ4n) is 1.94. The third kappa shape index (κ3) is 4.21. The molecule has 100 valence electrons. The molecule has 1 heterocycles. The first-order valence-corrected chi connectivity index (χ1v) is 6.81. The van der Waals surface area contributed by atoms with Gasteiger partial charge < -0.3 is 4.74 Å². The molecule has 0 radical (unpaired) electrons. The van der Waals surface area contributed by atoms with E-state index < -0.39 is 12.6 Å². The number of hydrogen-bond donors (Lipinski definition) is 0. The highest BCUT2D eigenvalue weighted by Crippen LogP contribution is 2.36. The summed E-state index contributed by atoms with van der Waals surface area (Å²) in [6.45, 7) is 0.712. The zero-order chi connectivity index (χ0) is 13.0. The Morgan fingerprint density at radius 1 is 1.28 bits per heavy atom. The molecule has 1 aromatic carbocycles. The quantitative estimate of drug-likeness (QED) is 0.750. The molecule has 1 aliphatic rings. The highest BCUT2D eigenvalue weighted by atomic mass is 32.2. The lowest BCUT2D eigenvalue weighted by Gasteiger charge is -2.10. The van der Waals surface area contributed by atoms with Gasteiger partial charge in [0, 0.05) is 23.2 Å². The highest BCUT2D eigenvalue weighted by molar-refractivity contribution is 8.00. The largest absolute Gasteiger partial charge is 0.389 e. The van der Waals surface area contributed by atoms with Crippen LogP contribution in [-0.4, -0.2) is 24.6 Å². The third-order valence-electron chi connectivity index (χ3n) is 2.77. The topological polar surface area (TPSA) is 9.23 Å². The molecule has 0 saturated carbocycles. The Hall–Kier alpha value is -0.680. The molecule has 0 bridgehead atoms. The number of fused-ring (bicyclic) bond motifs is 1. The van der Waals surface area contributed by atoms with Gasteiger partial charge in [-0.2, -0.15) is 13.2 Å². The van der Waals surface area contributed by atoms with E-state index in [2.05, 4.69) is 12.1 Å². The van der Waals surface area contributed by atoms with Crippen molar-refractivity contribution < 1.29 is 17.9 Å². The summed E-state index contributed by atoms with van der Waals surface area (Å²) in [6.07, 6.45) is -3.83. The van der Waals surface area contributed by atoms with Crippen molar-refractivity contribution in [3.63, 3.8) is 0 Å². The van der Waals surface area contributed by atoms with E-state index in [1.165, 1.54) is 10.5 Å². The molecule has 0 aliphatic carbocycles. The van der Waals surface area contributed by atoms with Gasteiger partial charge in [-0.15, -0.1) is 11.8 Å². The van der Waals surface area contributed by atoms with Gasteiger partial charge in [0.1, 0.15) is 0 Å². The van der Waals surface area contributed by atoms with E-state index in [0.29, 0.717) is 11.9 Å². The lowest BCUT2D eigenvalue weighted by molar-refractivity contribution is -0.137. The summed E-state index contributed by atoms with van der Waals surface area (Å²) in [7, 11) is 0. The predicted octanol–water partition coefficient (Wildman–Crippen LogP) is 4.06. The Balaban J connectivity index is 1.63. The van der Waals surface area contributed by atoms with Gasteiger partial charge in [0.25, 0.3) is 0 Å². The second-order valence-corrected chi connectivity index (χ2v) is 5.69. The summed E-state index contributed by atoms with van der Waals surface area (Å²) in [4.78, 5) is 1.27. The molecule has 0 fully saturated rings. The number of ether oxygens (including phenoxy) is 1. The van der Waals surface area contributed by atoms with Crippen LogP contribution < -0.4 is 0 Å². The summed E-state index contributed by atoms with van der Waals surface area (Å²) in [5, 5.41) is 0.341. The molecule has 1 aromatic rings. The molecule has 1 aliphatic heterocycles. The van der Waals surface area contributed by atoms with Gasteiger partial charge in [-0.05, 0) is 24.5 Å². The summed E-state index contributed by atoms with van der Waals surface area (Å²) in [5.41, 5.74) is 1.31. The number of halogens is 3. The smallest absolute Gasteiger partial charge is 0.380 e. The van der Waals surface area contributed by atoms with Gasteiger partial charge in [0.15, 0.2) is 0 Å². The normalized spacial score (nSPS) is 18.9. The minimum Gasteiger partial charge on any atom is -0.380 e. The minimum absolute atomic E-state index is 0.0494. The maximum absolute atomic E-state index is 11.9. The predicted molar refractivity (Wildman–Crippen MR) is 65.9 cm³/mol. The van der Waals surface area contributed by atoms with Crippen LogP contribution in [0.25, 0.3) is 0 Å². The molecule has 1 unspecified atom stereocenters. The fourth-order valence-corrected chi connectivity index (χ4v) is 3.18. The average molecular weight is 276 g/mol. The van der Waals surface area contributed by atoms with Gasteiger partial charge in [0.2, 0.25) is 0 Å². The van der Waals surface area contributed by atoms with Gasteiger partial charge in [-0.3, -0.25) is 0 Å². The van der Waals surface area contributed by atoms with Crippen molar-refractivity contribution in [3.8, 4) is 0 Å². The van der Waals surface area contributed by atoms with E-state index in [9.17, 15) is 13.2 Å². The van der Waals surface area contributed by atoms with Crippen molar-refractivity contribution in [2.75, 3.05) is 13.2 Å². The number of rotatable bonds is 5. The lowest BCUT2D eigenvalue weighted by Crippen LogP contribution is -2.13. The molecule has 1 nitrogen and oxygen atoms in total. The lowest BCUT2D eigenvalue weighted by atomic mass is 10.1. The standard InChI is InChI=1S/C13H15F3OS/c14-13(15,16)6-3-7-17-9-11-8-10-4-1-2-5-12(10)18-11/h1-2,4-5,11H,3,6-9H2. The molecule has 2 rings (SSSR count). The molecule has 0 N–H and O–H groups in total. The Kier molecular flexibility index (Phi) is 4.56. The van der Waals surface area contributed by atoms with E-state index in [0.717, 1.165) is 6.42 Å². The van der Waals surface area contributed by atoms with Crippen LogP contribution in [0.2, 0.25) is 0 Å². The summed E-state index contributed by atoms with van der Waals surface area (Å²) >= 11 is 1.75. The Labute approximate surface area is 109 Å². The number of thioether (sulfide) groups is 1. The molecule has 5 heteroatoms. The van der Waals surface area contributed by atoms with Gasteiger partial charge in [0.05, 0.1) is 6.61 Å². The minimum atomic E-state index is -4.07. The van der Waals surface area contributed by atoms with Crippen LogP contribution in [0.4, 0.5) is 13.2 Å². The Morgan fingerprint density at radius 2 is 2.06 bits per heavy atom. The van der Waals surface area contributed by atoms with E-state index in [1.807, 2.05) is 12.1 Å². The monoisotopic (exact) mass is 276 g/mol. The third-order valence-corrected chi connectivity index (χ3v) is 4.05. The van der Waals surface area contributed by atoms with Gasteiger partial charge in [-0.1, -0.05) is 18.2 Å². The number of alkyl halides is 3. The van der Waals surface area contributed by atoms with Crippen molar-refractivity contribution in [1.82, 2.24) is 0 Å². The molecular formula is C13H15F3OS. The van der Waals surface area contributed by atoms with Crippen LogP contribution in [0.1, 0.15) is 18.4 Å². The highest BCUT2D eigenvalue weighted by Gasteiger charge is 2.26. The summed E-state index contributed by atoms with van der Waals surface area (Å²) in [6, 6.07) is 8.17. The molecule has 0 spiro atoms. The molecular weight excluding hydrogens is 261 g/mol. The zero-order valence-electron chi connectivity index (χ0n) is 9.87. The molecule has 1 atom stereocenters. The maximum Gasteiger partial charge on any atom is 0.389 e. The first kappa shape index (κ1) is 13.7. The number of benzene rings is 1. The Morgan fingerprint density at radius 3 is 2.78 bits per heavy atom. The second kappa shape index (κ2) is 5.97. The fraction of sp³-hybridized carbons (Fsp3) is 0.538. The van der Waals surface area contributed by atoms with Crippen LogP contribution >= 0.6 is 11.8 Å². The SMILES string of the molecule is FC(F)(F)CCCOCC1Cc2ccccc2S1. The van der Waals surface area contributed by atoms with Crippen molar-refractivity contribution in [2.24, 2.45) is 0 Å². The summed E-state index contributed by atoms with van der Waals surface area (Å²) < 4.78 is 41.0. The van der Waals surface area contributed by atoms with Crippen molar-refractivity contribution >= 4 is 11.8 Å². The first-order chi connectivity index (χ1) is 8.54. The first-order valence-electron chi connectivity index (χ1n) is 5.94. The second-order valence-electron chi connectivity index (χ2n) is 4.35. The van der Waals surface area contributed by atoms with Crippen molar-refractivity contribution in [1.29, 1.82) is 0 Å². The molecule has 0 amide bonds. The maximum atomic E-state index is 11.9. The van der Waals surface area contributed by atoms with Gasteiger partial charge >= 0.3 is 6.18 Å².